The molecule has 0 bridgehead atoms. The Hall–Kier alpha value is -4.47. The van der Waals surface area contributed by atoms with Crippen LogP contribution in [0.1, 0.15) is 36.1 Å². The van der Waals surface area contributed by atoms with Gasteiger partial charge in [0.2, 0.25) is 0 Å². The maximum atomic E-state index is 13.8. The minimum atomic E-state index is -4.86. The minimum Gasteiger partial charge on any atom is -0.311 e. The summed E-state index contributed by atoms with van der Waals surface area (Å²) in [6.07, 6.45) is -16.2. The van der Waals surface area contributed by atoms with Gasteiger partial charge in [0.15, 0.2) is 6.17 Å². The number of benzene rings is 3. The number of halogens is 9. The molecule has 1 aliphatic rings. The van der Waals surface area contributed by atoms with Crippen LogP contribution in [0.15, 0.2) is 72.8 Å². The first kappa shape index (κ1) is 32.4. The van der Waals surface area contributed by atoms with Crippen LogP contribution < -0.4 is 10.2 Å². The molecule has 236 valence electrons. The highest BCUT2D eigenvalue weighted by Crippen LogP contribution is 2.41. The number of anilines is 2. The van der Waals surface area contributed by atoms with E-state index in [4.69, 9.17) is 0 Å². The molecule has 2 N–H and O–H groups in total. The molecule has 44 heavy (non-hydrogen) atoms. The lowest BCUT2D eigenvalue weighted by molar-refractivity contribution is -0.138. The second-order valence-electron chi connectivity index (χ2n) is 10.4. The normalized spacial score (nSPS) is 17.2. The summed E-state index contributed by atoms with van der Waals surface area (Å²) in [5.74, 6) is 0. The second kappa shape index (κ2) is 11.2. The van der Waals surface area contributed by atoms with E-state index < -0.39 is 76.9 Å². The molecule has 1 unspecified atom stereocenters. The maximum absolute atomic E-state index is 13.8. The standard InChI is InChI=1S/C28H23F9N4O3/c1-25(2)22(41(44)23(42)38-20-10-4-8-18(13-20)27(32,33)34)40(21-11-5-9-19(14-21)28(35,36)37)24(43)39(25)15-16-6-3-7-17(12-16)26(29,30)31/h3-14,22,44H,15H2,1-2H3,(H,38,42). The van der Waals surface area contributed by atoms with E-state index in [0.29, 0.717) is 23.1 Å². The number of nitrogens with one attached hydrogen (secondary N) is 1. The van der Waals surface area contributed by atoms with Gasteiger partial charge in [-0.25, -0.2) is 9.59 Å². The quantitative estimate of drug-likeness (QED) is 0.169. The Morgan fingerprint density at radius 2 is 1.32 bits per heavy atom. The molecule has 0 spiro atoms. The molecule has 0 aromatic heterocycles. The van der Waals surface area contributed by atoms with Crippen molar-refractivity contribution in [2.75, 3.05) is 10.2 Å². The predicted molar refractivity (Wildman–Crippen MR) is 138 cm³/mol. The molecule has 1 heterocycles. The fourth-order valence-corrected chi connectivity index (χ4v) is 4.79. The number of rotatable bonds is 5. The van der Waals surface area contributed by atoms with E-state index in [9.17, 15) is 54.3 Å². The van der Waals surface area contributed by atoms with Crippen LogP contribution >= 0.6 is 0 Å². The van der Waals surface area contributed by atoms with Crippen LogP contribution in [0.2, 0.25) is 0 Å². The van der Waals surface area contributed by atoms with Crippen LogP contribution in [0.5, 0.6) is 0 Å². The summed E-state index contributed by atoms with van der Waals surface area (Å²) in [5, 5.41) is 13.1. The van der Waals surface area contributed by atoms with E-state index in [0.717, 1.165) is 53.4 Å². The van der Waals surface area contributed by atoms with Gasteiger partial charge in [0.25, 0.3) is 0 Å². The van der Waals surface area contributed by atoms with Crippen molar-refractivity contribution in [3.05, 3.63) is 95.1 Å². The Morgan fingerprint density at radius 3 is 1.89 bits per heavy atom. The van der Waals surface area contributed by atoms with Crippen LogP contribution in [-0.4, -0.2) is 38.9 Å². The highest BCUT2D eigenvalue weighted by molar-refractivity contribution is 5.98. The van der Waals surface area contributed by atoms with Crippen LogP contribution in [0.3, 0.4) is 0 Å². The average molecular weight is 634 g/mol. The molecule has 4 amide bonds. The van der Waals surface area contributed by atoms with Crippen molar-refractivity contribution in [1.82, 2.24) is 9.96 Å². The van der Waals surface area contributed by atoms with Crippen LogP contribution in [0, 0.1) is 0 Å². The van der Waals surface area contributed by atoms with Crippen molar-refractivity contribution in [2.45, 2.75) is 50.6 Å². The van der Waals surface area contributed by atoms with Crippen LogP contribution in [-0.2, 0) is 25.1 Å². The summed E-state index contributed by atoms with van der Waals surface area (Å²) >= 11 is 0. The maximum Gasteiger partial charge on any atom is 0.416 e. The number of carbonyl (C=O) groups is 2. The SMILES string of the molecule is CC1(C)C(N(O)C(=O)Nc2cccc(C(F)(F)F)c2)N(c2cccc(C(F)(F)F)c2)C(=O)N1Cc1cccc(C(F)(F)F)c1. The van der Waals surface area contributed by atoms with E-state index >= 15 is 0 Å². The fraction of sp³-hybridized carbons (Fsp3) is 0.286. The lowest BCUT2D eigenvalue weighted by Gasteiger charge is -2.38. The smallest absolute Gasteiger partial charge is 0.311 e. The van der Waals surface area contributed by atoms with E-state index in [-0.39, 0.29) is 10.6 Å². The molecule has 0 radical (unpaired) electrons. The predicted octanol–water partition coefficient (Wildman–Crippen LogP) is 8.21. The molecule has 3 aromatic rings. The monoisotopic (exact) mass is 634 g/mol. The topological polar surface area (TPSA) is 76.1 Å². The van der Waals surface area contributed by atoms with Gasteiger partial charge >= 0.3 is 30.6 Å². The molecule has 0 aliphatic carbocycles. The zero-order chi connectivity index (χ0) is 32.8. The third-order valence-electron chi connectivity index (χ3n) is 6.94. The van der Waals surface area contributed by atoms with Crippen molar-refractivity contribution in [1.29, 1.82) is 0 Å². The van der Waals surface area contributed by atoms with E-state index in [1.165, 1.54) is 19.9 Å². The van der Waals surface area contributed by atoms with Gasteiger partial charge in [0, 0.05) is 17.9 Å². The third-order valence-corrected chi connectivity index (χ3v) is 6.94. The average Bonchev–Trinajstić information content (AvgIpc) is 3.12. The Labute approximate surface area is 244 Å². The zero-order valence-corrected chi connectivity index (χ0v) is 22.7. The van der Waals surface area contributed by atoms with Crippen LogP contribution in [0.4, 0.5) is 60.5 Å². The van der Waals surface area contributed by atoms with Crippen molar-refractivity contribution < 1.29 is 54.3 Å². The molecule has 1 fully saturated rings. The Morgan fingerprint density at radius 1 is 0.818 bits per heavy atom. The van der Waals surface area contributed by atoms with Crippen molar-refractivity contribution in [2.24, 2.45) is 0 Å². The summed E-state index contributed by atoms with van der Waals surface area (Å²) in [6, 6.07) is 8.10. The minimum absolute atomic E-state index is 0.0243. The molecule has 7 nitrogen and oxygen atoms in total. The second-order valence-corrected chi connectivity index (χ2v) is 10.4. The number of carbonyl (C=O) groups excluding carboxylic acids is 2. The number of hydrogen-bond acceptors (Lipinski definition) is 3. The van der Waals surface area contributed by atoms with E-state index in [1.54, 1.807) is 0 Å². The number of alkyl halides is 9. The van der Waals surface area contributed by atoms with E-state index in [1.807, 2.05) is 0 Å². The number of hydrogen-bond donors (Lipinski definition) is 2. The highest BCUT2D eigenvalue weighted by atomic mass is 19.4. The Bertz CT molecular complexity index is 1550. The lowest BCUT2D eigenvalue weighted by Crippen LogP contribution is -2.58. The van der Waals surface area contributed by atoms with Gasteiger partial charge in [0.1, 0.15) is 0 Å². The summed E-state index contributed by atoms with van der Waals surface area (Å²) in [6.45, 7) is 2.08. The molecule has 4 rings (SSSR count). The van der Waals surface area contributed by atoms with Gasteiger partial charge < -0.3 is 10.2 Å². The number of nitrogens with zero attached hydrogens (tertiary/aromatic N) is 3. The molecular weight excluding hydrogens is 611 g/mol. The molecule has 1 atom stereocenters. The first-order valence-corrected chi connectivity index (χ1v) is 12.6. The van der Waals surface area contributed by atoms with Gasteiger partial charge in [-0.15, -0.1) is 0 Å². The number of amides is 4. The summed E-state index contributed by atoms with van der Waals surface area (Å²) in [5.41, 5.74) is -5.92. The molecule has 3 aromatic carbocycles. The molecule has 1 saturated heterocycles. The molecule has 1 aliphatic heterocycles. The van der Waals surface area contributed by atoms with Gasteiger partial charge in [-0.05, 0) is 67.9 Å². The Kier molecular flexibility index (Phi) is 8.28. The van der Waals surface area contributed by atoms with Crippen molar-refractivity contribution >= 4 is 23.4 Å². The summed E-state index contributed by atoms with van der Waals surface area (Å²) < 4.78 is 120. The zero-order valence-electron chi connectivity index (χ0n) is 22.7. The summed E-state index contributed by atoms with van der Waals surface area (Å²) in [4.78, 5) is 28.5. The van der Waals surface area contributed by atoms with Gasteiger partial charge in [0.05, 0.1) is 22.2 Å². The first-order chi connectivity index (χ1) is 20.2. The molecule has 16 heteroatoms. The fourth-order valence-electron chi connectivity index (χ4n) is 4.79. The largest absolute Gasteiger partial charge is 0.416 e. The number of urea groups is 2. The van der Waals surface area contributed by atoms with Crippen molar-refractivity contribution in [3.8, 4) is 0 Å². The molecular formula is C28H23F9N4O3. The van der Waals surface area contributed by atoms with Crippen LogP contribution in [0.25, 0.3) is 0 Å². The Balaban J connectivity index is 1.76. The first-order valence-electron chi connectivity index (χ1n) is 12.6. The molecule has 0 saturated carbocycles. The lowest BCUT2D eigenvalue weighted by atomic mass is 9.98. The van der Waals surface area contributed by atoms with Gasteiger partial charge in [-0.2, -0.15) is 44.6 Å². The highest BCUT2D eigenvalue weighted by Gasteiger charge is 2.56. The third kappa shape index (κ3) is 6.54. The summed E-state index contributed by atoms with van der Waals surface area (Å²) in [7, 11) is 0. The number of hydroxylamine groups is 2. The van der Waals surface area contributed by atoms with Gasteiger partial charge in [-0.3, -0.25) is 10.1 Å². The van der Waals surface area contributed by atoms with Crippen molar-refractivity contribution in [3.63, 3.8) is 0 Å². The van der Waals surface area contributed by atoms with E-state index in [2.05, 4.69) is 5.32 Å². The van der Waals surface area contributed by atoms with Gasteiger partial charge in [-0.1, -0.05) is 24.3 Å².